The van der Waals surface area contributed by atoms with E-state index < -0.39 is 18.0 Å². The molecule has 0 saturated carbocycles. The highest BCUT2D eigenvalue weighted by molar-refractivity contribution is 5.91. The van der Waals surface area contributed by atoms with Crippen molar-refractivity contribution in [2.45, 2.75) is 12.0 Å². The van der Waals surface area contributed by atoms with Gasteiger partial charge in [-0.25, -0.2) is 4.79 Å². The fourth-order valence-corrected chi connectivity index (χ4v) is 3.82. The Bertz CT molecular complexity index is 1210. The molecule has 144 valence electrons. The standard InChI is InChI=1S/C26H22O3/c1-17(26(28)29-2)24(22-13-11-18-7-3-5-9-20(18)15-22)25(27)23-14-12-19-8-4-6-10-21(19)16-23/h3-16,24-25,27H,1H2,2H3. The first-order valence-corrected chi connectivity index (χ1v) is 9.51. The van der Waals surface area contributed by atoms with Crippen LogP contribution in [0, 0.1) is 0 Å². The predicted octanol–water partition coefficient (Wildman–Crippen LogP) is 5.54. The monoisotopic (exact) mass is 382 g/mol. The summed E-state index contributed by atoms with van der Waals surface area (Å²) in [4.78, 5) is 12.3. The molecule has 4 aromatic rings. The molecule has 0 aliphatic carbocycles. The molecule has 0 aliphatic heterocycles. The molecule has 29 heavy (non-hydrogen) atoms. The summed E-state index contributed by atoms with van der Waals surface area (Å²) in [7, 11) is 1.33. The van der Waals surface area contributed by atoms with Gasteiger partial charge >= 0.3 is 5.97 Å². The average Bonchev–Trinajstić information content (AvgIpc) is 2.78. The molecule has 0 aliphatic rings. The molecule has 0 radical (unpaired) electrons. The van der Waals surface area contributed by atoms with Gasteiger partial charge in [-0.2, -0.15) is 0 Å². The Morgan fingerprint density at radius 1 is 0.793 bits per heavy atom. The number of methoxy groups -OCH3 is 1. The first-order valence-electron chi connectivity index (χ1n) is 9.51. The lowest BCUT2D eigenvalue weighted by atomic mass is 9.82. The van der Waals surface area contributed by atoms with E-state index in [0.717, 1.165) is 32.7 Å². The van der Waals surface area contributed by atoms with Gasteiger partial charge in [0, 0.05) is 11.5 Å². The van der Waals surface area contributed by atoms with Crippen molar-refractivity contribution in [3.8, 4) is 0 Å². The lowest BCUT2D eigenvalue weighted by Crippen LogP contribution is -2.19. The Hall–Kier alpha value is -3.43. The summed E-state index contributed by atoms with van der Waals surface area (Å²) in [6, 6.07) is 27.7. The van der Waals surface area contributed by atoms with E-state index in [2.05, 4.69) is 6.58 Å². The summed E-state index contributed by atoms with van der Waals surface area (Å²) in [5.74, 6) is -1.14. The molecule has 0 spiro atoms. The number of rotatable bonds is 5. The van der Waals surface area contributed by atoms with Crippen molar-refractivity contribution >= 4 is 27.5 Å². The van der Waals surface area contributed by atoms with E-state index in [4.69, 9.17) is 4.74 Å². The van der Waals surface area contributed by atoms with Crippen LogP contribution < -0.4 is 0 Å². The van der Waals surface area contributed by atoms with Gasteiger partial charge in [0.1, 0.15) is 0 Å². The number of carbonyl (C=O) groups is 1. The van der Waals surface area contributed by atoms with Gasteiger partial charge in [-0.3, -0.25) is 0 Å². The molecule has 0 fully saturated rings. The van der Waals surface area contributed by atoms with Gasteiger partial charge in [-0.1, -0.05) is 85.4 Å². The Balaban J connectivity index is 1.81. The first-order chi connectivity index (χ1) is 14.1. The molecule has 2 atom stereocenters. The highest BCUT2D eigenvalue weighted by atomic mass is 16.5. The van der Waals surface area contributed by atoms with Crippen molar-refractivity contribution in [2.24, 2.45) is 0 Å². The molecule has 4 rings (SSSR count). The molecule has 0 bridgehead atoms. The number of benzene rings is 4. The minimum Gasteiger partial charge on any atom is -0.466 e. The average molecular weight is 382 g/mol. The van der Waals surface area contributed by atoms with E-state index in [0.29, 0.717) is 0 Å². The van der Waals surface area contributed by atoms with E-state index >= 15 is 0 Å². The molecule has 3 nitrogen and oxygen atoms in total. The highest BCUT2D eigenvalue weighted by Gasteiger charge is 2.30. The third-order valence-electron chi connectivity index (χ3n) is 5.39. The number of aliphatic hydroxyl groups is 1. The molecule has 1 N–H and O–H groups in total. The van der Waals surface area contributed by atoms with Crippen molar-refractivity contribution in [3.05, 3.63) is 108 Å². The Labute approximate surface area is 169 Å². The van der Waals surface area contributed by atoms with Crippen LogP contribution >= 0.6 is 0 Å². The molecule has 0 saturated heterocycles. The van der Waals surface area contributed by atoms with E-state index in [9.17, 15) is 9.90 Å². The number of hydrogen-bond donors (Lipinski definition) is 1. The van der Waals surface area contributed by atoms with Crippen LogP contribution in [0.3, 0.4) is 0 Å². The van der Waals surface area contributed by atoms with Gasteiger partial charge < -0.3 is 9.84 Å². The van der Waals surface area contributed by atoms with Crippen LogP contribution in [-0.2, 0) is 9.53 Å². The van der Waals surface area contributed by atoms with E-state index in [1.54, 1.807) is 0 Å². The van der Waals surface area contributed by atoms with Crippen LogP contribution in [0.15, 0.2) is 97.1 Å². The summed E-state index contributed by atoms with van der Waals surface area (Å²) in [5, 5.41) is 15.6. The molecule has 2 unspecified atom stereocenters. The molecule has 0 aromatic heterocycles. The van der Waals surface area contributed by atoms with Crippen molar-refractivity contribution in [1.29, 1.82) is 0 Å². The highest BCUT2D eigenvalue weighted by Crippen LogP contribution is 2.38. The predicted molar refractivity (Wildman–Crippen MR) is 117 cm³/mol. The maximum atomic E-state index is 12.3. The number of carbonyl (C=O) groups excluding carboxylic acids is 1. The Morgan fingerprint density at radius 2 is 1.28 bits per heavy atom. The van der Waals surface area contributed by atoms with Gasteiger partial charge in [0.25, 0.3) is 0 Å². The molecule has 4 aromatic carbocycles. The normalized spacial score (nSPS) is 13.2. The number of fused-ring (bicyclic) bond motifs is 2. The summed E-state index contributed by atoms with van der Waals surface area (Å²) < 4.78 is 4.91. The summed E-state index contributed by atoms with van der Waals surface area (Å²) >= 11 is 0. The van der Waals surface area contributed by atoms with Crippen LogP contribution in [0.1, 0.15) is 23.1 Å². The summed E-state index contributed by atoms with van der Waals surface area (Å²) in [5.41, 5.74) is 1.77. The SMILES string of the molecule is C=C(C(=O)OC)C(c1ccc2ccccc2c1)C(O)c1ccc2ccccc2c1. The van der Waals surface area contributed by atoms with Gasteiger partial charge in [0.15, 0.2) is 0 Å². The smallest absolute Gasteiger partial charge is 0.333 e. The zero-order valence-corrected chi connectivity index (χ0v) is 16.2. The van der Waals surface area contributed by atoms with E-state index in [1.165, 1.54) is 7.11 Å². The van der Waals surface area contributed by atoms with Crippen molar-refractivity contribution < 1.29 is 14.6 Å². The molecule has 0 heterocycles. The number of hydrogen-bond acceptors (Lipinski definition) is 3. The van der Waals surface area contributed by atoms with Crippen LogP contribution in [-0.4, -0.2) is 18.2 Å². The summed E-state index contributed by atoms with van der Waals surface area (Å²) in [6.45, 7) is 3.96. The fraction of sp³-hybridized carbons (Fsp3) is 0.115. The largest absolute Gasteiger partial charge is 0.466 e. The molecule has 0 amide bonds. The van der Waals surface area contributed by atoms with E-state index in [1.807, 2.05) is 84.9 Å². The van der Waals surface area contributed by atoms with Crippen LogP contribution in [0.4, 0.5) is 0 Å². The lowest BCUT2D eigenvalue weighted by molar-refractivity contribution is -0.136. The third kappa shape index (κ3) is 3.65. The second-order valence-electron chi connectivity index (χ2n) is 7.15. The van der Waals surface area contributed by atoms with Crippen molar-refractivity contribution in [2.75, 3.05) is 7.11 Å². The van der Waals surface area contributed by atoms with Crippen LogP contribution in [0.2, 0.25) is 0 Å². The second kappa shape index (κ2) is 7.90. The minimum absolute atomic E-state index is 0.225. The van der Waals surface area contributed by atoms with Gasteiger partial charge in [-0.15, -0.1) is 0 Å². The molecular weight excluding hydrogens is 360 g/mol. The summed E-state index contributed by atoms with van der Waals surface area (Å²) in [6.07, 6.45) is -0.938. The minimum atomic E-state index is -0.938. The quantitative estimate of drug-likeness (QED) is 0.364. The zero-order chi connectivity index (χ0) is 20.4. The first kappa shape index (κ1) is 18.9. The fourth-order valence-electron chi connectivity index (χ4n) is 3.82. The second-order valence-corrected chi connectivity index (χ2v) is 7.15. The number of esters is 1. The zero-order valence-electron chi connectivity index (χ0n) is 16.2. The Kier molecular flexibility index (Phi) is 5.15. The third-order valence-corrected chi connectivity index (χ3v) is 5.39. The molecule has 3 heteroatoms. The van der Waals surface area contributed by atoms with Gasteiger partial charge in [0.05, 0.1) is 13.2 Å². The number of ether oxygens (including phenoxy) is 1. The lowest BCUT2D eigenvalue weighted by Gasteiger charge is -2.25. The topological polar surface area (TPSA) is 46.5 Å². The van der Waals surface area contributed by atoms with Crippen molar-refractivity contribution in [1.82, 2.24) is 0 Å². The van der Waals surface area contributed by atoms with Crippen molar-refractivity contribution in [3.63, 3.8) is 0 Å². The maximum Gasteiger partial charge on any atom is 0.333 e. The maximum absolute atomic E-state index is 12.3. The Morgan fingerprint density at radius 3 is 1.83 bits per heavy atom. The van der Waals surface area contributed by atoms with E-state index in [-0.39, 0.29) is 5.57 Å². The molecular formula is C26H22O3. The van der Waals surface area contributed by atoms with Crippen LogP contribution in [0.25, 0.3) is 21.5 Å². The van der Waals surface area contributed by atoms with Gasteiger partial charge in [0.2, 0.25) is 0 Å². The van der Waals surface area contributed by atoms with Crippen LogP contribution in [0.5, 0.6) is 0 Å². The number of aliphatic hydroxyl groups excluding tert-OH is 1. The van der Waals surface area contributed by atoms with Gasteiger partial charge in [-0.05, 0) is 38.7 Å².